The summed E-state index contributed by atoms with van der Waals surface area (Å²) in [5.74, 6) is 2.41. The van der Waals surface area contributed by atoms with Crippen LogP contribution in [0.4, 0.5) is 0 Å². The van der Waals surface area contributed by atoms with E-state index in [9.17, 15) is 9.59 Å². The minimum Gasteiger partial charge on any atom is -0.481 e. The maximum absolute atomic E-state index is 11.7. The number of methoxy groups -OCH3 is 2. The molecule has 0 radical (unpaired) electrons. The Morgan fingerprint density at radius 1 is 0.882 bits per heavy atom. The molecule has 2 heterocycles. The van der Waals surface area contributed by atoms with E-state index in [1.165, 1.54) is 5.56 Å². The number of unbranched alkanes of at least 4 members (excludes halogenated alkanes) is 1. The Kier molecular flexibility index (Phi) is 12.3. The molecule has 2 aromatic carbocycles. The largest absolute Gasteiger partial charge is 0.481 e. The van der Waals surface area contributed by atoms with Crippen LogP contribution in [0.5, 0.6) is 17.6 Å². The Balaban J connectivity index is 1.18. The number of aryl methyl sites for hydroxylation is 1. The van der Waals surface area contributed by atoms with Gasteiger partial charge in [0.2, 0.25) is 17.6 Å². The van der Waals surface area contributed by atoms with Crippen molar-refractivity contribution in [3.05, 3.63) is 86.9 Å². The van der Waals surface area contributed by atoms with Gasteiger partial charge in [-0.15, -0.1) is 0 Å². The molecule has 0 unspecified atom stereocenters. The average Bonchev–Trinajstić information content (AvgIpc) is 3.76. The number of ether oxygens (including phenoxy) is 3. The van der Waals surface area contributed by atoms with Crippen LogP contribution in [0.15, 0.2) is 54.6 Å². The van der Waals surface area contributed by atoms with E-state index in [1.54, 1.807) is 14.2 Å². The molecule has 1 fully saturated rings. The first-order valence-electron chi connectivity index (χ1n) is 17.9. The minimum absolute atomic E-state index is 0.233. The van der Waals surface area contributed by atoms with Gasteiger partial charge < -0.3 is 19.5 Å². The Morgan fingerprint density at radius 2 is 1.65 bits per heavy atom. The molecule has 1 N–H and O–H groups in total. The molecule has 10 heteroatoms. The summed E-state index contributed by atoms with van der Waals surface area (Å²) < 4.78 is 17.8. The highest BCUT2D eigenvalue weighted by atomic mass is 35.5. The van der Waals surface area contributed by atoms with Crippen LogP contribution in [0.1, 0.15) is 86.6 Å². The number of carbonyl (C=O) groups is 2. The van der Waals surface area contributed by atoms with Gasteiger partial charge in [0.1, 0.15) is 22.7 Å². The van der Waals surface area contributed by atoms with E-state index in [1.807, 2.05) is 49.4 Å². The SMILES string of the molecule is CCC(=O)CCCCc1cc(Cl)c(O[C@H]2CCc3c(-c4cccc(-c5ccc(CNC[C@@H]6CCC(=O)C6)c(OC)n5)c4Cl)cccc32)nc1OC. The third-order valence-corrected chi connectivity index (χ3v) is 10.7. The lowest BCUT2D eigenvalue weighted by Gasteiger charge is -2.18. The van der Waals surface area contributed by atoms with Crippen LogP contribution < -0.4 is 19.5 Å². The molecule has 51 heavy (non-hydrogen) atoms. The lowest BCUT2D eigenvalue weighted by atomic mass is 9.94. The monoisotopic (exact) mass is 729 g/mol. The molecular formula is C41H45Cl2N3O5. The van der Waals surface area contributed by atoms with E-state index >= 15 is 0 Å². The number of pyridine rings is 2. The smallest absolute Gasteiger partial charge is 0.236 e. The van der Waals surface area contributed by atoms with Gasteiger partial charge in [0.25, 0.3) is 0 Å². The number of fused-ring (bicyclic) bond motifs is 1. The molecule has 2 atom stereocenters. The first kappa shape index (κ1) is 36.8. The van der Waals surface area contributed by atoms with Gasteiger partial charge in [-0.05, 0) is 79.8 Å². The number of halogens is 2. The molecule has 268 valence electrons. The highest BCUT2D eigenvalue weighted by Gasteiger charge is 2.29. The van der Waals surface area contributed by atoms with Crippen LogP contribution in [0, 0.1) is 5.92 Å². The number of carbonyl (C=O) groups excluding carboxylic acids is 2. The summed E-state index contributed by atoms with van der Waals surface area (Å²) in [6.45, 7) is 3.30. The van der Waals surface area contributed by atoms with Crippen molar-refractivity contribution in [2.45, 2.75) is 83.8 Å². The number of benzene rings is 2. The fourth-order valence-corrected chi connectivity index (χ4v) is 7.76. The highest BCUT2D eigenvalue weighted by molar-refractivity contribution is 6.36. The van der Waals surface area contributed by atoms with E-state index < -0.39 is 0 Å². The van der Waals surface area contributed by atoms with E-state index in [0.717, 1.165) is 84.1 Å². The molecule has 0 saturated heterocycles. The Morgan fingerprint density at radius 3 is 2.41 bits per heavy atom. The predicted molar refractivity (Wildman–Crippen MR) is 201 cm³/mol. The van der Waals surface area contributed by atoms with Crippen molar-refractivity contribution in [3.63, 3.8) is 0 Å². The fourth-order valence-electron chi connectivity index (χ4n) is 7.22. The molecule has 1 saturated carbocycles. The number of hydrogen-bond donors (Lipinski definition) is 1. The molecule has 0 amide bonds. The molecule has 0 bridgehead atoms. The number of Topliss-reactive ketones (excluding diaryl/α,β-unsaturated/α-hetero) is 2. The molecule has 0 spiro atoms. The molecule has 0 aliphatic heterocycles. The summed E-state index contributed by atoms with van der Waals surface area (Å²) in [4.78, 5) is 32.8. The summed E-state index contributed by atoms with van der Waals surface area (Å²) >= 11 is 13.9. The maximum Gasteiger partial charge on any atom is 0.236 e. The number of rotatable bonds is 16. The first-order valence-corrected chi connectivity index (χ1v) is 18.6. The molecule has 4 aromatic rings. The normalized spacial score (nSPS) is 16.7. The second-order valence-corrected chi connectivity index (χ2v) is 14.2. The van der Waals surface area contributed by atoms with Crippen molar-refractivity contribution in [2.24, 2.45) is 5.92 Å². The summed E-state index contributed by atoms with van der Waals surface area (Å²) in [6, 6.07) is 18.1. The van der Waals surface area contributed by atoms with Gasteiger partial charge in [-0.2, -0.15) is 4.98 Å². The van der Waals surface area contributed by atoms with Crippen LogP contribution >= 0.6 is 23.2 Å². The zero-order valence-electron chi connectivity index (χ0n) is 29.5. The molecular weight excluding hydrogens is 685 g/mol. The van der Waals surface area contributed by atoms with E-state index in [-0.39, 0.29) is 11.9 Å². The minimum atomic E-state index is -0.233. The van der Waals surface area contributed by atoms with E-state index in [2.05, 4.69) is 22.4 Å². The average molecular weight is 731 g/mol. The van der Waals surface area contributed by atoms with Crippen LogP contribution in [0.2, 0.25) is 10.0 Å². The molecule has 6 rings (SSSR count). The zero-order valence-corrected chi connectivity index (χ0v) is 31.0. The number of nitrogens with one attached hydrogen (secondary N) is 1. The standard InChI is InChI=1S/C41H45Cl2N3O5/c1-4-28(47)10-6-5-9-26-22-35(42)41(46-39(26)49-2)51-37-20-18-31-30(11-7-12-32(31)37)33-13-8-14-34(38(33)43)36-19-16-27(40(45-36)50-3)24-44-23-25-15-17-29(48)21-25/h7-8,11-14,16,19,22,25,37,44H,4-6,9-10,15,17-18,20-21,23-24H2,1-3H3/t25-,37+/m1/s1. The zero-order chi connectivity index (χ0) is 35.9. The van der Waals surface area contributed by atoms with Crippen LogP contribution in [0.3, 0.4) is 0 Å². The van der Waals surface area contributed by atoms with Crippen LogP contribution in [-0.4, -0.2) is 42.3 Å². The third-order valence-electron chi connectivity index (χ3n) is 9.99. The predicted octanol–water partition coefficient (Wildman–Crippen LogP) is 9.35. The Bertz CT molecular complexity index is 1900. The molecule has 2 aliphatic carbocycles. The summed E-state index contributed by atoms with van der Waals surface area (Å²) in [6.07, 6.45) is 7.19. The van der Waals surface area contributed by atoms with Crippen molar-refractivity contribution in [2.75, 3.05) is 20.8 Å². The van der Waals surface area contributed by atoms with Crippen molar-refractivity contribution in [1.82, 2.24) is 15.3 Å². The third kappa shape index (κ3) is 8.57. The topological polar surface area (TPSA) is 99.6 Å². The van der Waals surface area contributed by atoms with E-state index in [0.29, 0.717) is 71.6 Å². The lowest BCUT2D eigenvalue weighted by molar-refractivity contribution is -0.119. The van der Waals surface area contributed by atoms with Crippen molar-refractivity contribution < 1.29 is 23.8 Å². The Labute approximate surface area is 310 Å². The Hall–Kier alpha value is -3.98. The molecule has 2 aliphatic rings. The number of aromatic nitrogens is 2. The van der Waals surface area contributed by atoms with Gasteiger partial charge in [-0.25, -0.2) is 4.98 Å². The number of nitrogens with zero attached hydrogens (tertiary/aromatic N) is 2. The van der Waals surface area contributed by atoms with Crippen molar-refractivity contribution in [1.29, 1.82) is 0 Å². The summed E-state index contributed by atoms with van der Waals surface area (Å²) in [5.41, 5.74) is 7.63. The molecule has 8 nitrogen and oxygen atoms in total. The second-order valence-electron chi connectivity index (χ2n) is 13.4. The van der Waals surface area contributed by atoms with E-state index in [4.69, 9.17) is 42.4 Å². The molecule has 2 aromatic heterocycles. The van der Waals surface area contributed by atoms with Gasteiger partial charge in [0.05, 0.1) is 24.9 Å². The van der Waals surface area contributed by atoms with Gasteiger partial charge in [-0.3, -0.25) is 9.59 Å². The van der Waals surface area contributed by atoms with Crippen LogP contribution in [-0.2, 0) is 29.0 Å². The van der Waals surface area contributed by atoms with Gasteiger partial charge in [0.15, 0.2) is 0 Å². The second kappa shape index (κ2) is 17.0. The number of ketones is 2. The van der Waals surface area contributed by atoms with Gasteiger partial charge in [-0.1, -0.05) is 72.6 Å². The van der Waals surface area contributed by atoms with Gasteiger partial charge in [0, 0.05) is 54.5 Å². The number of hydrogen-bond acceptors (Lipinski definition) is 8. The first-order chi connectivity index (χ1) is 24.8. The maximum atomic E-state index is 11.7. The summed E-state index contributed by atoms with van der Waals surface area (Å²) in [7, 11) is 3.22. The van der Waals surface area contributed by atoms with Crippen LogP contribution in [0.25, 0.3) is 22.4 Å². The fraction of sp³-hybridized carbons (Fsp3) is 0.415. The van der Waals surface area contributed by atoms with Gasteiger partial charge >= 0.3 is 0 Å². The lowest BCUT2D eigenvalue weighted by Crippen LogP contribution is -2.21. The highest BCUT2D eigenvalue weighted by Crippen LogP contribution is 2.44. The van der Waals surface area contributed by atoms with Crippen molar-refractivity contribution >= 4 is 34.8 Å². The quantitative estimate of drug-likeness (QED) is 0.114. The van der Waals surface area contributed by atoms with Crippen molar-refractivity contribution in [3.8, 4) is 40.0 Å². The summed E-state index contributed by atoms with van der Waals surface area (Å²) in [5, 5.41) is 4.52.